The lowest BCUT2D eigenvalue weighted by atomic mass is 10.1. The molecular formula is C17H30N2O3Si. The van der Waals surface area contributed by atoms with E-state index in [1.54, 1.807) is 21.3 Å². The second-order valence-corrected chi connectivity index (χ2v) is 7.96. The van der Waals surface area contributed by atoms with Gasteiger partial charge in [-0.25, -0.2) is 0 Å². The predicted molar refractivity (Wildman–Crippen MR) is 96.0 cm³/mol. The van der Waals surface area contributed by atoms with Crippen molar-refractivity contribution in [2.24, 2.45) is 0 Å². The fraction of sp³-hybridized carbons (Fsp3) is 0.529. The Morgan fingerprint density at radius 3 is 2.22 bits per heavy atom. The third kappa shape index (κ3) is 6.17. The molecule has 1 aromatic rings. The lowest BCUT2D eigenvalue weighted by Gasteiger charge is -2.30. The molecule has 2 atom stereocenters. The molecule has 23 heavy (non-hydrogen) atoms. The van der Waals surface area contributed by atoms with Crippen LogP contribution in [0.2, 0.25) is 0 Å². The third-order valence-electron chi connectivity index (χ3n) is 3.80. The number of hydrogen-bond acceptors (Lipinski definition) is 5. The van der Waals surface area contributed by atoms with Crippen LogP contribution in [-0.4, -0.2) is 42.9 Å². The standard InChI is InChI=1S/C17H30N2O3Si/c1-6-11-16(19-23(20-3,21-4)22-5)14-18-17(7-2)15-12-9-8-10-13-15/h7-10,12-13,16-19H,2,6,11,14H2,1,3-5H3. The normalized spacial score (nSPS) is 14.4. The molecule has 0 aromatic heterocycles. The van der Waals surface area contributed by atoms with Gasteiger partial charge in [-0.05, 0) is 12.0 Å². The van der Waals surface area contributed by atoms with Crippen LogP contribution in [0.4, 0.5) is 0 Å². The summed E-state index contributed by atoms with van der Waals surface area (Å²) in [6, 6.07) is 10.6. The molecule has 0 fully saturated rings. The average molecular weight is 339 g/mol. The highest BCUT2D eigenvalue weighted by molar-refractivity contribution is 6.57. The molecule has 1 aromatic carbocycles. The van der Waals surface area contributed by atoms with Gasteiger partial charge in [0.05, 0.1) is 6.04 Å². The molecule has 0 spiro atoms. The summed E-state index contributed by atoms with van der Waals surface area (Å²) in [5, 5.41) is 3.54. The average Bonchev–Trinajstić information content (AvgIpc) is 2.61. The maximum Gasteiger partial charge on any atom is 0.596 e. The van der Waals surface area contributed by atoms with Gasteiger partial charge in [-0.15, -0.1) is 6.58 Å². The van der Waals surface area contributed by atoms with E-state index in [4.69, 9.17) is 13.3 Å². The van der Waals surface area contributed by atoms with Gasteiger partial charge in [-0.2, -0.15) is 0 Å². The van der Waals surface area contributed by atoms with Crippen LogP contribution < -0.4 is 10.3 Å². The molecule has 1 rings (SSSR count). The first-order valence-electron chi connectivity index (χ1n) is 7.98. The Balaban J connectivity index is 2.70. The summed E-state index contributed by atoms with van der Waals surface area (Å²) in [5.41, 5.74) is 1.20. The quantitative estimate of drug-likeness (QED) is 0.453. The summed E-state index contributed by atoms with van der Waals surface area (Å²) >= 11 is 0. The summed E-state index contributed by atoms with van der Waals surface area (Å²) in [6.07, 6.45) is 3.98. The van der Waals surface area contributed by atoms with Crippen molar-refractivity contribution < 1.29 is 13.3 Å². The molecule has 0 bridgehead atoms. The predicted octanol–water partition coefficient (Wildman–Crippen LogP) is 2.64. The van der Waals surface area contributed by atoms with Crippen molar-refractivity contribution in [2.75, 3.05) is 27.9 Å². The zero-order valence-corrected chi connectivity index (χ0v) is 15.7. The monoisotopic (exact) mass is 338 g/mol. The van der Waals surface area contributed by atoms with Crippen molar-refractivity contribution in [1.29, 1.82) is 0 Å². The highest BCUT2D eigenvalue weighted by Gasteiger charge is 2.41. The van der Waals surface area contributed by atoms with Gasteiger partial charge in [0.15, 0.2) is 0 Å². The van der Waals surface area contributed by atoms with Crippen LogP contribution in [0.1, 0.15) is 31.4 Å². The van der Waals surface area contributed by atoms with Gasteiger partial charge < -0.3 is 18.6 Å². The van der Waals surface area contributed by atoms with E-state index in [9.17, 15) is 0 Å². The van der Waals surface area contributed by atoms with Crippen LogP contribution in [-0.2, 0) is 13.3 Å². The summed E-state index contributed by atoms with van der Waals surface area (Å²) in [5.74, 6) is 0. The van der Waals surface area contributed by atoms with Gasteiger partial charge in [-0.1, -0.05) is 49.8 Å². The van der Waals surface area contributed by atoms with E-state index in [1.165, 1.54) is 5.56 Å². The van der Waals surface area contributed by atoms with Crippen LogP contribution in [0.5, 0.6) is 0 Å². The van der Waals surface area contributed by atoms with Gasteiger partial charge in [0.1, 0.15) is 0 Å². The number of benzene rings is 1. The van der Waals surface area contributed by atoms with Crippen molar-refractivity contribution in [1.82, 2.24) is 10.3 Å². The van der Waals surface area contributed by atoms with E-state index in [0.29, 0.717) is 0 Å². The van der Waals surface area contributed by atoms with Gasteiger partial charge in [-0.3, -0.25) is 4.98 Å². The maximum atomic E-state index is 5.47. The van der Waals surface area contributed by atoms with Crippen LogP contribution in [0.25, 0.3) is 0 Å². The molecule has 0 aliphatic carbocycles. The van der Waals surface area contributed by atoms with Gasteiger partial charge in [0, 0.05) is 33.9 Å². The molecule has 0 aliphatic rings. The van der Waals surface area contributed by atoms with E-state index < -0.39 is 8.97 Å². The lowest BCUT2D eigenvalue weighted by molar-refractivity contribution is 0.104. The molecule has 2 unspecified atom stereocenters. The second kappa shape index (κ2) is 10.7. The Kier molecular flexibility index (Phi) is 9.31. The minimum absolute atomic E-state index is 0.112. The smallest absolute Gasteiger partial charge is 0.364 e. The van der Waals surface area contributed by atoms with E-state index in [2.05, 4.69) is 35.9 Å². The van der Waals surface area contributed by atoms with Crippen molar-refractivity contribution in [2.45, 2.75) is 31.8 Å². The highest BCUT2D eigenvalue weighted by atomic mass is 28.4. The topological polar surface area (TPSA) is 51.8 Å². The first-order valence-corrected chi connectivity index (χ1v) is 9.71. The zero-order chi connectivity index (χ0) is 17.1. The van der Waals surface area contributed by atoms with Gasteiger partial charge in [0.25, 0.3) is 0 Å². The molecule has 0 radical (unpaired) electrons. The van der Waals surface area contributed by atoms with E-state index in [0.717, 1.165) is 19.4 Å². The molecule has 6 heteroatoms. The molecule has 2 N–H and O–H groups in total. The second-order valence-electron chi connectivity index (χ2n) is 5.33. The Morgan fingerprint density at radius 1 is 1.13 bits per heavy atom. The summed E-state index contributed by atoms with van der Waals surface area (Å²) < 4.78 is 16.4. The molecule has 0 saturated carbocycles. The maximum absolute atomic E-state index is 5.47. The first kappa shape index (κ1) is 20.0. The fourth-order valence-corrected chi connectivity index (χ4v) is 4.12. The fourth-order valence-electron chi connectivity index (χ4n) is 2.52. The summed E-state index contributed by atoms with van der Waals surface area (Å²) in [4.78, 5) is 3.42. The van der Waals surface area contributed by atoms with E-state index in [1.807, 2.05) is 24.3 Å². The molecule has 130 valence electrons. The molecule has 0 amide bonds. The lowest BCUT2D eigenvalue weighted by Crippen LogP contribution is -2.62. The molecule has 0 aliphatic heterocycles. The summed E-state index contributed by atoms with van der Waals surface area (Å²) in [6.45, 7) is 6.86. The SMILES string of the molecule is C=CC(NCC(CCC)N[Si](OC)(OC)OC)c1ccccc1. The van der Waals surface area contributed by atoms with Crippen molar-refractivity contribution in [3.05, 3.63) is 48.6 Å². The minimum Gasteiger partial charge on any atom is -0.364 e. The van der Waals surface area contributed by atoms with Crippen LogP contribution >= 0.6 is 0 Å². The molecule has 0 saturated heterocycles. The largest absolute Gasteiger partial charge is 0.596 e. The van der Waals surface area contributed by atoms with Crippen molar-refractivity contribution in [3.63, 3.8) is 0 Å². The van der Waals surface area contributed by atoms with Gasteiger partial charge in [0.2, 0.25) is 0 Å². The number of rotatable bonds is 12. The third-order valence-corrected chi connectivity index (χ3v) is 6.18. The minimum atomic E-state index is -2.80. The number of hydrogen-bond donors (Lipinski definition) is 2. The highest BCUT2D eigenvalue weighted by Crippen LogP contribution is 2.14. The molecular weight excluding hydrogens is 308 g/mol. The van der Waals surface area contributed by atoms with Crippen LogP contribution in [0, 0.1) is 0 Å². The zero-order valence-electron chi connectivity index (χ0n) is 14.7. The Morgan fingerprint density at radius 2 is 1.74 bits per heavy atom. The number of nitrogens with one attached hydrogen (secondary N) is 2. The molecule has 5 nitrogen and oxygen atoms in total. The van der Waals surface area contributed by atoms with E-state index in [-0.39, 0.29) is 12.1 Å². The first-order chi connectivity index (χ1) is 11.1. The Hall–Kier alpha value is -1.02. The Labute approximate surface area is 141 Å². The summed E-state index contributed by atoms with van der Waals surface area (Å²) in [7, 11) is 2.04. The van der Waals surface area contributed by atoms with E-state index >= 15 is 0 Å². The van der Waals surface area contributed by atoms with Crippen molar-refractivity contribution >= 4 is 8.97 Å². The van der Waals surface area contributed by atoms with Gasteiger partial charge >= 0.3 is 8.97 Å². The van der Waals surface area contributed by atoms with Crippen molar-refractivity contribution in [3.8, 4) is 0 Å². The Bertz CT molecular complexity index is 432. The van der Waals surface area contributed by atoms with Crippen LogP contribution in [0.3, 0.4) is 0 Å². The molecule has 0 heterocycles. The van der Waals surface area contributed by atoms with Crippen LogP contribution in [0.15, 0.2) is 43.0 Å².